The molecule has 2 N–H and O–H groups in total. The molecule has 1 aromatic carbocycles. The third-order valence-corrected chi connectivity index (χ3v) is 5.94. The summed E-state index contributed by atoms with van der Waals surface area (Å²) in [5.41, 5.74) is 2.15. The summed E-state index contributed by atoms with van der Waals surface area (Å²) < 4.78 is 5.42. The smallest absolute Gasteiger partial charge is 0.238 e. The Bertz CT molecular complexity index is 437. The zero-order valence-electron chi connectivity index (χ0n) is 11.6. The molecule has 1 amide bonds. The number of methoxy groups -OCH3 is 1. The van der Waals surface area contributed by atoms with Gasteiger partial charge in [-0.3, -0.25) is 4.79 Å². The Morgan fingerprint density at radius 2 is 2.20 bits per heavy atom. The monoisotopic (exact) mass is 312 g/mol. The summed E-state index contributed by atoms with van der Waals surface area (Å²) in [7, 11) is 1.65. The number of hydrogen-bond donors (Lipinski definition) is 2. The van der Waals surface area contributed by atoms with E-state index in [9.17, 15) is 4.79 Å². The van der Waals surface area contributed by atoms with Crippen molar-refractivity contribution in [2.24, 2.45) is 0 Å². The Morgan fingerprint density at radius 3 is 2.95 bits per heavy atom. The predicted octanol–water partition coefficient (Wildman–Crippen LogP) is 2.34. The number of carbonyl (C=O) groups excluding carboxylic acids is 1. The minimum absolute atomic E-state index is 0.0232. The number of amides is 1. The summed E-state index contributed by atoms with van der Waals surface area (Å²) >= 11 is 3.93. The van der Waals surface area contributed by atoms with Gasteiger partial charge in [0.05, 0.1) is 17.7 Å². The van der Waals surface area contributed by atoms with Gasteiger partial charge in [-0.15, -0.1) is 23.5 Å². The summed E-state index contributed by atoms with van der Waals surface area (Å²) in [6.45, 7) is 1.60. The number of ether oxygens (including phenoxy) is 1. The average Bonchev–Trinajstić information content (AvgIpc) is 2.98. The van der Waals surface area contributed by atoms with Crippen LogP contribution in [0.15, 0.2) is 24.3 Å². The van der Waals surface area contributed by atoms with Gasteiger partial charge in [-0.2, -0.15) is 0 Å². The van der Waals surface area contributed by atoms with Crippen LogP contribution in [-0.4, -0.2) is 44.2 Å². The van der Waals surface area contributed by atoms with Crippen LogP contribution in [0.1, 0.15) is 10.1 Å². The van der Waals surface area contributed by atoms with E-state index in [2.05, 4.69) is 22.8 Å². The van der Waals surface area contributed by atoms with Crippen LogP contribution in [0.4, 0.5) is 5.69 Å². The molecule has 0 spiro atoms. The largest absolute Gasteiger partial charge is 0.383 e. The zero-order chi connectivity index (χ0) is 14.2. The molecule has 0 radical (unpaired) electrons. The van der Waals surface area contributed by atoms with Crippen LogP contribution in [0.3, 0.4) is 0 Å². The van der Waals surface area contributed by atoms with Crippen molar-refractivity contribution in [3.05, 3.63) is 29.8 Å². The fraction of sp³-hybridized carbons (Fsp3) is 0.500. The molecule has 0 bridgehead atoms. The zero-order valence-corrected chi connectivity index (χ0v) is 13.2. The Kier molecular flexibility index (Phi) is 6.72. The molecule has 4 nitrogen and oxygen atoms in total. The van der Waals surface area contributed by atoms with Crippen LogP contribution in [0.5, 0.6) is 0 Å². The molecule has 0 unspecified atom stereocenters. The van der Waals surface area contributed by atoms with Gasteiger partial charge >= 0.3 is 0 Å². The van der Waals surface area contributed by atoms with Gasteiger partial charge in [0.25, 0.3) is 0 Å². The van der Waals surface area contributed by atoms with E-state index in [1.807, 2.05) is 35.7 Å². The van der Waals surface area contributed by atoms with Gasteiger partial charge in [0, 0.05) is 30.8 Å². The Hall–Kier alpha value is -0.690. The van der Waals surface area contributed by atoms with Gasteiger partial charge in [-0.1, -0.05) is 12.1 Å². The number of nitrogens with one attached hydrogen (secondary N) is 2. The quantitative estimate of drug-likeness (QED) is 0.757. The first-order valence-corrected chi connectivity index (χ1v) is 8.72. The predicted molar refractivity (Wildman–Crippen MR) is 87.5 cm³/mol. The van der Waals surface area contributed by atoms with Crippen molar-refractivity contribution in [3.63, 3.8) is 0 Å². The summed E-state index contributed by atoms with van der Waals surface area (Å²) in [5, 5.41) is 5.95. The molecule has 1 aliphatic heterocycles. The lowest BCUT2D eigenvalue weighted by Crippen LogP contribution is -2.30. The molecule has 0 aliphatic carbocycles. The number of thioether (sulfide) groups is 2. The average molecular weight is 312 g/mol. The summed E-state index contributed by atoms with van der Waals surface area (Å²) in [6.07, 6.45) is 0. The van der Waals surface area contributed by atoms with Gasteiger partial charge in [-0.25, -0.2) is 0 Å². The number of hydrogen-bond acceptors (Lipinski definition) is 5. The lowest BCUT2D eigenvalue weighted by molar-refractivity contribution is -0.115. The second kappa shape index (κ2) is 8.56. The first-order chi connectivity index (χ1) is 9.79. The maximum atomic E-state index is 11.8. The van der Waals surface area contributed by atoms with Gasteiger partial charge in [0.1, 0.15) is 0 Å². The van der Waals surface area contributed by atoms with Crippen LogP contribution in [0, 0.1) is 0 Å². The fourth-order valence-electron chi connectivity index (χ4n) is 1.90. The molecule has 1 saturated heterocycles. The summed E-state index contributed by atoms with van der Waals surface area (Å²) in [6, 6.07) is 8.13. The SMILES string of the molecule is COCCNCC(=O)Nc1cccc(C2SCCS2)c1. The van der Waals surface area contributed by atoms with Gasteiger partial charge in [-0.05, 0) is 17.7 Å². The third-order valence-electron chi connectivity index (χ3n) is 2.83. The van der Waals surface area contributed by atoms with Crippen LogP contribution in [-0.2, 0) is 9.53 Å². The number of anilines is 1. The van der Waals surface area contributed by atoms with E-state index in [0.717, 1.165) is 5.69 Å². The molecular weight excluding hydrogens is 292 g/mol. The summed E-state index contributed by atoms with van der Waals surface area (Å²) in [5.74, 6) is 2.38. The lowest BCUT2D eigenvalue weighted by Gasteiger charge is -2.11. The second-order valence-electron chi connectivity index (χ2n) is 4.42. The molecule has 1 heterocycles. The van der Waals surface area contributed by atoms with Crippen molar-refractivity contribution >= 4 is 35.1 Å². The molecule has 1 aliphatic rings. The molecule has 6 heteroatoms. The number of carbonyl (C=O) groups is 1. The Morgan fingerprint density at radius 1 is 1.40 bits per heavy atom. The standard InChI is InChI=1S/C14H20N2O2S2/c1-18-6-5-15-10-13(17)16-12-4-2-3-11(9-12)14-19-7-8-20-14/h2-4,9,14-15H,5-8,10H2,1H3,(H,16,17). The Balaban J connectivity index is 1.82. The van der Waals surface area contributed by atoms with Gasteiger partial charge < -0.3 is 15.4 Å². The minimum Gasteiger partial charge on any atom is -0.383 e. The van der Waals surface area contributed by atoms with Gasteiger partial charge in [0.2, 0.25) is 5.91 Å². The fourth-order valence-corrected chi connectivity index (χ4v) is 4.73. The van der Waals surface area contributed by atoms with E-state index in [4.69, 9.17) is 4.74 Å². The highest BCUT2D eigenvalue weighted by molar-refractivity contribution is 8.19. The normalized spacial score (nSPS) is 15.4. The Labute approximate surface area is 128 Å². The third kappa shape index (κ3) is 5.01. The molecule has 1 aromatic rings. The van der Waals surface area contributed by atoms with Crippen molar-refractivity contribution in [2.75, 3.05) is 43.6 Å². The molecule has 20 heavy (non-hydrogen) atoms. The second-order valence-corrected chi connectivity index (χ2v) is 7.14. The van der Waals surface area contributed by atoms with Crippen molar-refractivity contribution in [2.45, 2.75) is 4.58 Å². The van der Waals surface area contributed by atoms with Crippen LogP contribution >= 0.6 is 23.5 Å². The highest BCUT2D eigenvalue weighted by Gasteiger charge is 2.18. The number of benzene rings is 1. The molecular formula is C14H20N2O2S2. The van der Waals surface area contributed by atoms with E-state index in [-0.39, 0.29) is 5.91 Å². The molecule has 0 aromatic heterocycles. The van der Waals surface area contributed by atoms with Crippen LogP contribution < -0.4 is 10.6 Å². The molecule has 0 atom stereocenters. The van der Waals surface area contributed by atoms with Crippen molar-refractivity contribution < 1.29 is 9.53 Å². The molecule has 0 saturated carbocycles. The highest BCUT2D eigenvalue weighted by atomic mass is 32.2. The van der Waals surface area contributed by atoms with E-state index in [1.54, 1.807) is 7.11 Å². The van der Waals surface area contributed by atoms with E-state index < -0.39 is 0 Å². The molecule has 2 rings (SSSR count). The topological polar surface area (TPSA) is 50.4 Å². The van der Waals surface area contributed by atoms with Crippen molar-refractivity contribution in [1.29, 1.82) is 0 Å². The molecule has 1 fully saturated rings. The molecule has 110 valence electrons. The van der Waals surface area contributed by atoms with E-state index >= 15 is 0 Å². The minimum atomic E-state index is -0.0232. The maximum absolute atomic E-state index is 11.8. The van der Waals surface area contributed by atoms with Crippen molar-refractivity contribution in [3.8, 4) is 0 Å². The van der Waals surface area contributed by atoms with Crippen LogP contribution in [0.2, 0.25) is 0 Å². The van der Waals surface area contributed by atoms with Crippen molar-refractivity contribution in [1.82, 2.24) is 5.32 Å². The first kappa shape index (κ1) is 15.7. The van der Waals surface area contributed by atoms with E-state index in [1.165, 1.54) is 17.1 Å². The summed E-state index contributed by atoms with van der Waals surface area (Å²) in [4.78, 5) is 11.8. The first-order valence-electron chi connectivity index (χ1n) is 6.62. The highest BCUT2D eigenvalue weighted by Crippen LogP contribution is 2.45. The maximum Gasteiger partial charge on any atom is 0.238 e. The van der Waals surface area contributed by atoms with Gasteiger partial charge in [0.15, 0.2) is 0 Å². The number of rotatable bonds is 7. The van der Waals surface area contributed by atoms with E-state index in [0.29, 0.717) is 24.3 Å². The van der Waals surface area contributed by atoms with Crippen LogP contribution in [0.25, 0.3) is 0 Å². The lowest BCUT2D eigenvalue weighted by atomic mass is 10.2.